The molecule has 0 spiro atoms. The number of H-pyrrole nitrogens is 1. The molecule has 5 aromatic rings. The van der Waals surface area contributed by atoms with Crippen LogP contribution in [-0.4, -0.2) is 43.2 Å². The molecular weight excluding hydrogens is 472 g/mol. The summed E-state index contributed by atoms with van der Waals surface area (Å²) in [7, 11) is 0. The lowest BCUT2D eigenvalue weighted by molar-refractivity contribution is 0.143. The van der Waals surface area contributed by atoms with Gasteiger partial charge in [-0.2, -0.15) is 0 Å². The lowest BCUT2D eigenvalue weighted by Crippen LogP contribution is -2.41. The molecule has 3 aromatic carbocycles. The Morgan fingerprint density at radius 3 is 2.37 bits per heavy atom. The van der Waals surface area contributed by atoms with Crippen molar-refractivity contribution < 1.29 is 0 Å². The average molecular weight is 505 g/mol. The van der Waals surface area contributed by atoms with Gasteiger partial charge in [0.05, 0.1) is 12.1 Å². The van der Waals surface area contributed by atoms with Gasteiger partial charge in [-0.25, -0.2) is 4.68 Å². The summed E-state index contributed by atoms with van der Waals surface area (Å²) in [6, 6.07) is 28.7. The first-order valence-electron chi connectivity index (χ1n) is 13.4. The van der Waals surface area contributed by atoms with Gasteiger partial charge in [-0.1, -0.05) is 78.9 Å². The van der Waals surface area contributed by atoms with Crippen molar-refractivity contribution in [3.8, 4) is 0 Å². The van der Waals surface area contributed by atoms with Crippen LogP contribution in [0.1, 0.15) is 47.0 Å². The van der Waals surface area contributed by atoms with Gasteiger partial charge in [0.2, 0.25) is 0 Å². The minimum absolute atomic E-state index is 0.0857. The summed E-state index contributed by atoms with van der Waals surface area (Å²) in [6.07, 6.45) is 3.22. The van der Waals surface area contributed by atoms with E-state index in [9.17, 15) is 4.79 Å². The number of nitrogens with one attached hydrogen (secondary N) is 1. The molecule has 1 fully saturated rings. The lowest BCUT2D eigenvalue weighted by atomic mass is 9.89. The van der Waals surface area contributed by atoms with Crippen molar-refractivity contribution in [1.29, 1.82) is 0 Å². The van der Waals surface area contributed by atoms with Crippen LogP contribution in [0, 0.1) is 12.8 Å². The molecule has 2 aromatic heterocycles. The molecule has 0 aliphatic carbocycles. The minimum Gasteiger partial charge on any atom is -0.321 e. The zero-order valence-electron chi connectivity index (χ0n) is 21.6. The molecule has 1 aliphatic rings. The Bertz CT molecular complexity index is 1570. The smallest absolute Gasteiger partial charge is 0.253 e. The number of nitrogens with zero attached hydrogens (tertiary/aromatic N) is 5. The van der Waals surface area contributed by atoms with Gasteiger partial charge in [0.15, 0.2) is 5.82 Å². The van der Waals surface area contributed by atoms with E-state index in [0.717, 1.165) is 54.4 Å². The normalized spacial score (nSPS) is 15.6. The van der Waals surface area contributed by atoms with Crippen LogP contribution in [0.2, 0.25) is 0 Å². The Balaban J connectivity index is 1.35. The molecule has 0 radical (unpaired) electrons. The van der Waals surface area contributed by atoms with Crippen molar-refractivity contribution in [3.05, 3.63) is 123 Å². The van der Waals surface area contributed by atoms with Gasteiger partial charge in [-0.3, -0.25) is 9.69 Å². The number of fused-ring (bicyclic) bond motifs is 1. The predicted octanol–water partition coefficient (Wildman–Crippen LogP) is 4.92. The zero-order chi connectivity index (χ0) is 25.9. The topological polar surface area (TPSA) is 79.7 Å². The van der Waals surface area contributed by atoms with Crippen molar-refractivity contribution >= 4 is 10.9 Å². The summed E-state index contributed by atoms with van der Waals surface area (Å²) in [4.78, 5) is 19.1. The number of likely N-dealkylation sites (tertiary alicyclic amines) is 1. The van der Waals surface area contributed by atoms with Gasteiger partial charge in [0.25, 0.3) is 5.56 Å². The number of pyridine rings is 1. The average Bonchev–Trinajstić information content (AvgIpc) is 3.39. The highest BCUT2D eigenvalue weighted by atomic mass is 16.1. The van der Waals surface area contributed by atoms with E-state index < -0.39 is 0 Å². The molecule has 1 atom stereocenters. The van der Waals surface area contributed by atoms with Gasteiger partial charge in [0.1, 0.15) is 6.04 Å². The van der Waals surface area contributed by atoms with Crippen LogP contribution in [0.3, 0.4) is 0 Å². The van der Waals surface area contributed by atoms with Crippen LogP contribution in [0.15, 0.2) is 89.7 Å². The fourth-order valence-electron chi connectivity index (χ4n) is 5.74. The maximum Gasteiger partial charge on any atom is 0.253 e. The van der Waals surface area contributed by atoms with Crippen molar-refractivity contribution in [2.75, 3.05) is 13.1 Å². The molecule has 0 unspecified atom stereocenters. The van der Waals surface area contributed by atoms with E-state index >= 15 is 0 Å². The summed E-state index contributed by atoms with van der Waals surface area (Å²) < 4.78 is 1.84. The fraction of sp³-hybridized carbons (Fsp3) is 0.290. The van der Waals surface area contributed by atoms with Crippen molar-refractivity contribution in [2.24, 2.45) is 5.92 Å². The number of hydrogen-bond donors (Lipinski definition) is 1. The number of aryl methyl sites for hydroxylation is 1. The highest BCUT2D eigenvalue weighted by Crippen LogP contribution is 2.32. The van der Waals surface area contributed by atoms with Gasteiger partial charge in [-0.05, 0) is 83.8 Å². The molecule has 38 heavy (non-hydrogen) atoms. The Labute approximate surface area is 222 Å². The largest absolute Gasteiger partial charge is 0.321 e. The molecule has 7 nitrogen and oxygen atoms in total. The third-order valence-electron chi connectivity index (χ3n) is 7.77. The summed E-state index contributed by atoms with van der Waals surface area (Å²) in [5, 5.41) is 13.9. The first kappa shape index (κ1) is 24.2. The summed E-state index contributed by atoms with van der Waals surface area (Å²) in [5.41, 5.74) is 5.04. The molecule has 1 aliphatic heterocycles. The third kappa shape index (κ3) is 5.02. The highest BCUT2D eigenvalue weighted by Gasteiger charge is 2.33. The molecule has 0 amide bonds. The number of benzene rings is 3. The molecule has 1 N–H and O–H groups in total. The summed E-state index contributed by atoms with van der Waals surface area (Å²) >= 11 is 0. The molecule has 192 valence electrons. The second-order valence-electron chi connectivity index (χ2n) is 10.3. The lowest BCUT2D eigenvalue weighted by Gasteiger charge is -2.37. The number of aromatic amines is 1. The Kier molecular flexibility index (Phi) is 6.84. The van der Waals surface area contributed by atoms with E-state index in [1.54, 1.807) is 0 Å². The standard InChI is InChI=1S/C31H32N6O/c1-22-9-8-14-26-20-27(31(38)32-28(22)26)29(30-33-34-35-37(30)21-25-12-6-3-7-13-25)36-17-15-24(16-18-36)19-23-10-4-2-5-11-23/h2-14,20,24,29H,15-19,21H2,1H3,(H,32,38)/t29-/m1/s1. The number of hydrogen-bond acceptors (Lipinski definition) is 5. The van der Waals surface area contributed by atoms with Gasteiger partial charge in [-0.15, -0.1) is 5.10 Å². The van der Waals surface area contributed by atoms with Crippen molar-refractivity contribution in [2.45, 2.75) is 38.8 Å². The van der Waals surface area contributed by atoms with Crippen LogP contribution in [0.25, 0.3) is 10.9 Å². The summed E-state index contributed by atoms with van der Waals surface area (Å²) in [6.45, 7) is 4.33. The van der Waals surface area contributed by atoms with E-state index in [4.69, 9.17) is 0 Å². The van der Waals surface area contributed by atoms with E-state index in [1.807, 2.05) is 48.0 Å². The van der Waals surface area contributed by atoms with E-state index in [1.165, 1.54) is 5.56 Å². The first-order chi connectivity index (χ1) is 18.7. The first-order valence-corrected chi connectivity index (χ1v) is 13.4. The molecule has 7 heteroatoms. The number of para-hydroxylation sites is 1. The monoisotopic (exact) mass is 504 g/mol. The second kappa shape index (κ2) is 10.7. The number of piperidine rings is 1. The Morgan fingerprint density at radius 1 is 0.921 bits per heavy atom. The highest BCUT2D eigenvalue weighted by molar-refractivity contribution is 5.82. The number of rotatable bonds is 7. The molecule has 0 saturated carbocycles. The van der Waals surface area contributed by atoms with Crippen LogP contribution >= 0.6 is 0 Å². The molecular formula is C31H32N6O. The molecule has 6 rings (SSSR count). The molecule has 1 saturated heterocycles. The van der Waals surface area contributed by atoms with E-state index in [-0.39, 0.29) is 11.6 Å². The van der Waals surface area contributed by atoms with Gasteiger partial charge in [0, 0.05) is 5.56 Å². The Morgan fingerprint density at radius 2 is 1.63 bits per heavy atom. The van der Waals surface area contributed by atoms with Crippen LogP contribution in [0.4, 0.5) is 0 Å². The maximum atomic E-state index is 13.6. The van der Waals surface area contributed by atoms with E-state index in [0.29, 0.717) is 23.9 Å². The number of tetrazole rings is 1. The zero-order valence-corrected chi connectivity index (χ0v) is 21.6. The van der Waals surface area contributed by atoms with E-state index in [2.05, 4.69) is 73.9 Å². The number of aromatic nitrogens is 5. The maximum absolute atomic E-state index is 13.6. The quantitative estimate of drug-likeness (QED) is 0.341. The van der Waals surface area contributed by atoms with Gasteiger partial charge < -0.3 is 4.98 Å². The fourth-order valence-corrected chi connectivity index (χ4v) is 5.74. The predicted molar refractivity (Wildman–Crippen MR) is 149 cm³/mol. The Hall–Kier alpha value is -4.10. The SMILES string of the molecule is Cc1cccc2cc([C@H](c3nnnn3Cc3ccccc3)N3CCC(Cc4ccccc4)CC3)c(=O)[nH]c12. The van der Waals surface area contributed by atoms with Gasteiger partial charge >= 0.3 is 0 Å². The third-order valence-corrected chi connectivity index (χ3v) is 7.77. The van der Waals surface area contributed by atoms with Crippen LogP contribution in [-0.2, 0) is 13.0 Å². The van der Waals surface area contributed by atoms with Crippen LogP contribution < -0.4 is 5.56 Å². The molecule has 0 bridgehead atoms. The van der Waals surface area contributed by atoms with Crippen molar-refractivity contribution in [3.63, 3.8) is 0 Å². The summed E-state index contributed by atoms with van der Waals surface area (Å²) in [5.74, 6) is 1.32. The second-order valence-corrected chi connectivity index (χ2v) is 10.3. The molecule has 3 heterocycles. The van der Waals surface area contributed by atoms with Crippen LogP contribution in [0.5, 0.6) is 0 Å². The minimum atomic E-state index is -0.333. The van der Waals surface area contributed by atoms with Crippen molar-refractivity contribution in [1.82, 2.24) is 30.1 Å².